The zero-order valence-electron chi connectivity index (χ0n) is 11.0. The quantitative estimate of drug-likeness (QED) is 0.928. The minimum absolute atomic E-state index is 0.172. The highest BCUT2D eigenvalue weighted by Crippen LogP contribution is 2.26. The highest BCUT2D eigenvalue weighted by Gasteiger charge is 2.21. The smallest absolute Gasteiger partial charge is 0.259 e. The lowest BCUT2D eigenvalue weighted by atomic mass is 10.2. The number of hydrogen-bond acceptors (Lipinski definition) is 6. The van der Waals surface area contributed by atoms with Gasteiger partial charge in [-0.1, -0.05) is 5.16 Å². The molecular weight excluding hydrogens is 260 g/mol. The fourth-order valence-electron chi connectivity index (χ4n) is 2.40. The summed E-state index contributed by atoms with van der Waals surface area (Å²) in [5, 5.41) is 8.12. The maximum absolute atomic E-state index is 6.16. The molecule has 1 fully saturated rings. The predicted octanol–water partition coefficient (Wildman–Crippen LogP) is 2.20. The van der Waals surface area contributed by atoms with Gasteiger partial charge in [-0.15, -0.1) is 0 Å². The van der Waals surface area contributed by atoms with Crippen molar-refractivity contribution in [3.05, 3.63) is 22.1 Å². The lowest BCUT2D eigenvalue weighted by Gasteiger charge is -2.17. The van der Waals surface area contributed by atoms with E-state index in [1.165, 1.54) is 12.8 Å². The first-order valence-electron chi connectivity index (χ1n) is 6.59. The number of thiophene rings is 1. The first kappa shape index (κ1) is 12.8. The van der Waals surface area contributed by atoms with Crippen LogP contribution in [0.4, 0.5) is 0 Å². The first-order chi connectivity index (χ1) is 9.24. The molecule has 1 saturated heterocycles. The molecule has 0 aliphatic carbocycles. The van der Waals surface area contributed by atoms with E-state index >= 15 is 0 Å². The van der Waals surface area contributed by atoms with Crippen LogP contribution in [0.2, 0.25) is 0 Å². The van der Waals surface area contributed by atoms with Gasteiger partial charge in [0, 0.05) is 11.9 Å². The summed E-state index contributed by atoms with van der Waals surface area (Å²) in [7, 11) is 0. The van der Waals surface area contributed by atoms with Crippen molar-refractivity contribution in [3.63, 3.8) is 0 Å². The average molecular weight is 278 g/mol. The largest absolute Gasteiger partial charge is 0.334 e. The second kappa shape index (κ2) is 5.40. The van der Waals surface area contributed by atoms with Crippen molar-refractivity contribution in [2.75, 3.05) is 19.6 Å². The van der Waals surface area contributed by atoms with Crippen LogP contribution < -0.4 is 5.73 Å². The Bertz CT molecular complexity index is 544. The number of aryl methyl sites for hydroxylation is 1. The number of rotatable bonds is 4. The van der Waals surface area contributed by atoms with Crippen molar-refractivity contribution in [3.8, 4) is 11.5 Å². The lowest BCUT2D eigenvalue weighted by Crippen LogP contribution is -2.30. The van der Waals surface area contributed by atoms with Crippen LogP contribution >= 0.6 is 11.3 Å². The third kappa shape index (κ3) is 2.70. The highest BCUT2D eigenvalue weighted by atomic mass is 32.1. The van der Waals surface area contributed by atoms with Gasteiger partial charge in [-0.25, -0.2) is 0 Å². The van der Waals surface area contributed by atoms with Gasteiger partial charge in [-0.2, -0.15) is 16.3 Å². The molecule has 3 heterocycles. The Balaban J connectivity index is 1.72. The Kier molecular flexibility index (Phi) is 3.63. The molecule has 1 unspecified atom stereocenters. The molecule has 0 amide bonds. The number of nitrogens with two attached hydrogens (primary N) is 1. The summed E-state index contributed by atoms with van der Waals surface area (Å²) in [4.78, 5) is 6.79. The van der Waals surface area contributed by atoms with Gasteiger partial charge in [0.05, 0.1) is 11.6 Å². The van der Waals surface area contributed by atoms with Gasteiger partial charge >= 0.3 is 0 Å². The van der Waals surface area contributed by atoms with E-state index in [-0.39, 0.29) is 6.04 Å². The van der Waals surface area contributed by atoms with E-state index in [4.69, 9.17) is 10.3 Å². The van der Waals surface area contributed by atoms with Crippen LogP contribution in [-0.4, -0.2) is 34.7 Å². The monoisotopic (exact) mass is 278 g/mol. The summed E-state index contributed by atoms with van der Waals surface area (Å²) in [5.74, 6) is 1.18. The van der Waals surface area contributed by atoms with Crippen LogP contribution in [0, 0.1) is 6.92 Å². The van der Waals surface area contributed by atoms with Gasteiger partial charge in [0.15, 0.2) is 5.82 Å². The molecule has 2 aromatic rings. The van der Waals surface area contributed by atoms with Gasteiger partial charge in [0.2, 0.25) is 0 Å². The maximum atomic E-state index is 6.16. The first-order valence-corrected chi connectivity index (χ1v) is 7.53. The topological polar surface area (TPSA) is 68.2 Å². The number of hydrogen-bond donors (Lipinski definition) is 1. The van der Waals surface area contributed by atoms with Crippen LogP contribution in [0.5, 0.6) is 0 Å². The van der Waals surface area contributed by atoms with Crippen molar-refractivity contribution in [1.29, 1.82) is 0 Å². The number of likely N-dealkylation sites (tertiary alicyclic amines) is 1. The van der Waals surface area contributed by atoms with Gasteiger partial charge in [-0.05, 0) is 43.8 Å². The van der Waals surface area contributed by atoms with Crippen LogP contribution in [0.1, 0.15) is 30.3 Å². The fraction of sp³-hybridized carbons (Fsp3) is 0.538. The molecule has 0 bridgehead atoms. The second-order valence-corrected chi connectivity index (χ2v) is 5.78. The maximum Gasteiger partial charge on any atom is 0.259 e. The van der Waals surface area contributed by atoms with E-state index in [9.17, 15) is 0 Å². The molecule has 19 heavy (non-hydrogen) atoms. The molecule has 0 spiro atoms. The molecule has 1 atom stereocenters. The van der Waals surface area contributed by atoms with E-state index in [0.29, 0.717) is 11.7 Å². The average Bonchev–Trinajstić information content (AvgIpc) is 3.08. The van der Waals surface area contributed by atoms with Crippen LogP contribution in [0.15, 0.2) is 15.3 Å². The summed E-state index contributed by atoms with van der Waals surface area (Å²) < 4.78 is 5.32. The van der Waals surface area contributed by atoms with E-state index in [2.05, 4.69) is 20.4 Å². The van der Waals surface area contributed by atoms with Gasteiger partial charge in [0.1, 0.15) is 0 Å². The van der Waals surface area contributed by atoms with Crippen molar-refractivity contribution < 1.29 is 4.52 Å². The molecule has 1 aliphatic heterocycles. The molecule has 1 aliphatic rings. The summed E-state index contributed by atoms with van der Waals surface area (Å²) >= 11 is 1.64. The molecular formula is C13H18N4OS. The fourth-order valence-corrected chi connectivity index (χ4v) is 3.22. The Morgan fingerprint density at radius 2 is 2.21 bits per heavy atom. The summed E-state index contributed by atoms with van der Waals surface area (Å²) in [6.45, 7) is 5.10. The van der Waals surface area contributed by atoms with E-state index in [0.717, 1.165) is 30.8 Å². The van der Waals surface area contributed by atoms with Crippen LogP contribution in [0.25, 0.3) is 11.5 Å². The van der Waals surface area contributed by atoms with Crippen LogP contribution in [-0.2, 0) is 0 Å². The molecule has 5 nitrogen and oxygen atoms in total. The number of nitrogens with zero attached hydrogens (tertiary/aromatic N) is 3. The van der Waals surface area contributed by atoms with Crippen molar-refractivity contribution in [2.45, 2.75) is 25.8 Å². The second-order valence-electron chi connectivity index (χ2n) is 5.04. The van der Waals surface area contributed by atoms with Crippen molar-refractivity contribution >= 4 is 11.3 Å². The summed E-state index contributed by atoms with van der Waals surface area (Å²) in [5.41, 5.74) is 8.33. The van der Waals surface area contributed by atoms with E-state index in [1.807, 2.05) is 12.3 Å². The van der Waals surface area contributed by atoms with Gasteiger partial charge < -0.3 is 15.2 Å². The molecule has 0 aromatic carbocycles. The Hall–Kier alpha value is -1.24. The van der Waals surface area contributed by atoms with E-state index in [1.54, 1.807) is 11.3 Å². The van der Waals surface area contributed by atoms with Crippen molar-refractivity contribution in [2.24, 2.45) is 5.73 Å². The van der Waals surface area contributed by atoms with E-state index < -0.39 is 0 Å². The Morgan fingerprint density at radius 1 is 1.42 bits per heavy atom. The lowest BCUT2D eigenvalue weighted by molar-refractivity contribution is 0.306. The molecule has 102 valence electrons. The molecule has 3 rings (SSSR count). The standard InChI is InChI=1S/C13H18N4OS/c1-9-7-19-8-10(9)13-15-12(16-18-13)11(14)6-17-4-2-3-5-17/h7-8,11H,2-6,14H2,1H3. The molecule has 2 aromatic heterocycles. The van der Waals surface area contributed by atoms with Gasteiger partial charge in [0.25, 0.3) is 5.89 Å². The normalized spacial score (nSPS) is 18.0. The minimum atomic E-state index is -0.172. The highest BCUT2D eigenvalue weighted by molar-refractivity contribution is 7.08. The zero-order valence-corrected chi connectivity index (χ0v) is 11.8. The zero-order chi connectivity index (χ0) is 13.2. The molecule has 0 saturated carbocycles. The molecule has 6 heteroatoms. The van der Waals surface area contributed by atoms with Gasteiger partial charge in [-0.3, -0.25) is 0 Å². The Labute approximate surface area is 116 Å². The Morgan fingerprint density at radius 3 is 2.89 bits per heavy atom. The summed E-state index contributed by atoms with van der Waals surface area (Å²) in [6, 6.07) is -0.172. The third-order valence-electron chi connectivity index (χ3n) is 3.51. The third-order valence-corrected chi connectivity index (χ3v) is 4.37. The summed E-state index contributed by atoms with van der Waals surface area (Å²) in [6.07, 6.45) is 2.52. The number of aromatic nitrogens is 2. The molecule has 2 N–H and O–H groups in total. The van der Waals surface area contributed by atoms with Crippen molar-refractivity contribution in [1.82, 2.24) is 15.0 Å². The SMILES string of the molecule is Cc1cscc1-c1nc(C(N)CN2CCCC2)no1. The van der Waals surface area contributed by atoms with Crippen LogP contribution in [0.3, 0.4) is 0 Å². The molecule has 0 radical (unpaired) electrons. The predicted molar refractivity (Wildman–Crippen MR) is 75.0 cm³/mol. The minimum Gasteiger partial charge on any atom is -0.334 e.